The van der Waals surface area contributed by atoms with Crippen molar-refractivity contribution in [3.05, 3.63) is 40.3 Å². The number of piperazine rings is 1. The Labute approximate surface area is 172 Å². The van der Waals surface area contributed by atoms with E-state index >= 15 is 0 Å². The van der Waals surface area contributed by atoms with Crippen LogP contribution in [0.5, 0.6) is 0 Å². The second-order valence-corrected chi connectivity index (χ2v) is 8.03. The topological polar surface area (TPSA) is 91.4 Å². The molecular weight excluding hydrogens is 390 g/mol. The number of aromatic amines is 1. The number of aryl methyl sites for hydroxylation is 1. The van der Waals surface area contributed by atoms with Gasteiger partial charge in [0.05, 0.1) is 30.3 Å². The van der Waals surface area contributed by atoms with Crippen LogP contribution in [0.1, 0.15) is 32.1 Å². The summed E-state index contributed by atoms with van der Waals surface area (Å²) in [6.07, 6.45) is 1.61. The van der Waals surface area contributed by atoms with E-state index in [1.165, 1.54) is 7.11 Å². The van der Waals surface area contributed by atoms with Crippen LogP contribution >= 0.6 is 11.3 Å². The van der Waals surface area contributed by atoms with Crippen LogP contribution in [-0.4, -0.2) is 71.4 Å². The van der Waals surface area contributed by atoms with Crippen molar-refractivity contribution in [2.24, 2.45) is 0 Å². The number of H-pyrrole nitrogens is 1. The highest BCUT2D eigenvalue weighted by molar-refractivity contribution is 7.16. The molecule has 4 heterocycles. The minimum absolute atomic E-state index is 0.0172. The molecule has 1 saturated heterocycles. The number of esters is 1. The molecular formula is C20H23N5O3S. The molecule has 0 aromatic carbocycles. The predicted molar refractivity (Wildman–Crippen MR) is 112 cm³/mol. The lowest BCUT2D eigenvalue weighted by atomic mass is 10.1. The van der Waals surface area contributed by atoms with Crippen molar-refractivity contribution in [1.82, 2.24) is 19.9 Å². The molecule has 152 valence electrons. The van der Waals surface area contributed by atoms with Crippen molar-refractivity contribution in [3.63, 3.8) is 0 Å². The molecule has 0 spiro atoms. The van der Waals surface area contributed by atoms with E-state index in [-0.39, 0.29) is 5.78 Å². The number of ether oxygens (including phenoxy) is 1. The minimum Gasteiger partial charge on any atom is -0.465 e. The molecule has 9 heteroatoms. The van der Waals surface area contributed by atoms with Crippen LogP contribution in [0.15, 0.2) is 17.8 Å². The summed E-state index contributed by atoms with van der Waals surface area (Å²) in [5.41, 5.74) is 2.25. The zero-order valence-electron chi connectivity index (χ0n) is 16.7. The van der Waals surface area contributed by atoms with Crippen LogP contribution in [0.3, 0.4) is 0 Å². The molecule has 0 aliphatic carbocycles. The van der Waals surface area contributed by atoms with E-state index in [0.29, 0.717) is 29.1 Å². The van der Waals surface area contributed by atoms with E-state index < -0.39 is 5.97 Å². The Morgan fingerprint density at radius 2 is 1.97 bits per heavy atom. The lowest BCUT2D eigenvalue weighted by Crippen LogP contribution is -2.48. The third kappa shape index (κ3) is 3.63. The first kappa shape index (κ1) is 19.5. The average Bonchev–Trinajstić information content (AvgIpc) is 3.32. The third-order valence-electron chi connectivity index (χ3n) is 5.39. The van der Waals surface area contributed by atoms with E-state index in [4.69, 9.17) is 4.74 Å². The molecule has 1 aliphatic rings. The average molecular weight is 414 g/mol. The Morgan fingerprint density at radius 3 is 2.69 bits per heavy atom. The number of nitrogens with one attached hydrogen (secondary N) is 1. The number of Topliss-reactive ketones (excluding diaryl/α,β-unsaturated/α-hetero) is 1. The van der Waals surface area contributed by atoms with Crippen LogP contribution in [0.4, 0.5) is 5.82 Å². The van der Waals surface area contributed by atoms with Gasteiger partial charge in [-0.2, -0.15) is 0 Å². The van der Waals surface area contributed by atoms with Crippen LogP contribution in [-0.2, 0) is 4.74 Å². The number of aromatic nitrogens is 3. The number of hydrogen-bond donors (Lipinski definition) is 1. The second-order valence-electron chi connectivity index (χ2n) is 7.14. The number of anilines is 1. The van der Waals surface area contributed by atoms with Crippen molar-refractivity contribution >= 4 is 39.1 Å². The maximum atomic E-state index is 12.8. The zero-order chi connectivity index (χ0) is 20.5. The van der Waals surface area contributed by atoms with Gasteiger partial charge in [0.2, 0.25) is 0 Å². The standard InChI is InChI=1S/C20H23N5O3S/c1-12-16(20(27)28-3)13(2)23-17(12)15(26)10-24-5-7-25(8-6-24)18-14-4-9-29-19(14)22-11-21-18/h4,9,11,23H,5-8,10H2,1-3H3. The van der Waals surface area contributed by atoms with Gasteiger partial charge in [-0.3, -0.25) is 9.69 Å². The number of rotatable bonds is 5. The highest BCUT2D eigenvalue weighted by Gasteiger charge is 2.26. The SMILES string of the molecule is COC(=O)c1c(C)[nH]c(C(=O)CN2CCN(c3ncnc4sccc34)CC2)c1C. The normalized spacial score (nSPS) is 15.1. The number of carbonyl (C=O) groups is 2. The van der Waals surface area contributed by atoms with Crippen LogP contribution < -0.4 is 4.90 Å². The summed E-state index contributed by atoms with van der Waals surface area (Å²) in [5.74, 6) is 0.519. The van der Waals surface area contributed by atoms with Crippen molar-refractivity contribution < 1.29 is 14.3 Å². The Balaban J connectivity index is 1.42. The molecule has 3 aromatic rings. The lowest BCUT2D eigenvalue weighted by Gasteiger charge is -2.35. The number of ketones is 1. The van der Waals surface area contributed by atoms with Gasteiger partial charge >= 0.3 is 5.97 Å². The number of carbonyl (C=O) groups excluding carboxylic acids is 2. The van der Waals surface area contributed by atoms with E-state index in [2.05, 4.69) is 30.8 Å². The summed E-state index contributed by atoms with van der Waals surface area (Å²) in [7, 11) is 1.34. The van der Waals surface area contributed by atoms with Crippen molar-refractivity contribution in [3.8, 4) is 0 Å². The molecule has 0 amide bonds. The Bertz CT molecular complexity index is 1070. The Morgan fingerprint density at radius 1 is 1.21 bits per heavy atom. The summed E-state index contributed by atoms with van der Waals surface area (Å²) in [4.78, 5) is 42.0. The van der Waals surface area contributed by atoms with Gasteiger partial charge in [-0.1, -0.05) is 0 Å². The molecule has 3 aromatic heterocycles. The fourth-order valence-corrected chi connectivity index (χ4v) is 4.59. The molecule has 8 nitrogen and oxygen atoms in total. The largest absolute Gasteiger partial charge is 0.465 e. The molecule has 0 atom stereocenters. The van der Waals surface area contributed by atoms with Gasteiger partial charge in [0.15, 0.2) is 5.78 Å². The highest BCUT2D eigenvalue weighted by Crippen LogP contribution is 2.27. The molecule has 0 saturated carbocycles. The summed E-state index contributed by atoms with van der Waals surface area (Å²) >= 11 is 1.61. The first-order valence-electron chi connectivity index (χ1n) is 9.45. The van der Waals surface area contributed by atoms with Gasteiger partial charge in [-0.05, 0) is 30.9 Å². The van der Waals surface area contributed by atoms with E-state index in [1.54, 1.807) is 31.5 Å². The quantitative estimate of drug-likeness (QED) is 0.507. The monoisotopic (exact) mass is 413 g/mol. The van der Waals surface area contributed by atoms with Crippen LogP contribution in [0, 0.1) is 13.8 Å². The van der Waals surface area contributed by atoms with Gasteiger partial charge in [0.25, 0.3) is 0 Å². The van der Waals surface area contributed by atoms with Gasteiger partial charge in [-0.15, -0.1) is 11.3 Å². The summed E-state index contributed by atoms with van der Waals surface area (Å²) < 4.78 is 4.82. The fourth-order valence-electron chi connectivity index (χ4n) is 3.87. The van der Waals surface area contributed by atoms with Crippen molar-refractivity contribution in [2.75, 3.05) is 44.7 Å². The highest BCUT2D eigenvalue weighted by atomic mass is 32.1. The zero-order valence-corrected chi connectivity index (χ0v) is 17.5. The molecule has 4 rings (SSSR count). The first-order chi connectivity index (χ1) is 14.0. The number of thiophene rings is 1. The molecule has 0 unspecified atom stereocenters. The predicted octanol–water partition coefficient (Wildman–Crippen LogP) is 2.43. The van der Waals surface area contributed by atoms with Gasteiger partial charge < -0.3 is 14.6 Å². The van der Waals surface area contributed by atoms with Gasteiger partial charge in [-0.25, -0.2) is 14.8 Å². The summed E-state index contributed by atoms with van der Waals surface area (Å²) in [5, 5.41) is 3.11. The van der Waals surface area contributed by atoms with Gasteiger partial charge in [0.1, 0.15) is 17.0 Å². The summed E-state index contributed by atoms with van der Waals surface area (Å²) in [6.45, 7) is 7.00. The summed E-state index contributed by atoms with van der Waals surface area (Å²) in [6, 6.07) is 2.06. The smallest absolute Gasteiger partial charge is 0.339 e. The third-order valence-corrected chi connectivity index (χ3v) is 6.21. The minimum atomic E-state index is -0.423. The van der Waals surface area contributed by atoms with Crippen molar-refractivity contribution in [2.45, 2.75) is 13.8 Å². The van der Waals surface area contributed by atoms with Crippen LogP contribution in [0.2, 0.25) is 0 Å². The molecule has 0 radical (unpaired) electrons. The fraction of sp³-hybridized carbons (Fsp3) is 0.400. The van der Waals surface area contributed by atoms with E-state index in [9.17, 15) is 9.59 Å². The van der Waals surface area contributed by atoms with E-state index in [0.717, 1.165) is 42.2 Å². The Hall–Kier alpha value is -2.78. The second kappa shape index (κ2) is 7.92. The first-order valence-corrected chi connectivity index (χ1v) is 10.3. The maximum Gasteiger partial charge on any atom is 0.339 e. The van der Waals surface area contributed by atoms with Crippen LogP contribution in [0.25, 0.3) is 10.2 Å². The molecule has 1 aliphatic heterocycles. The molecule has 1 N–H and O–H groups in total. The molecule has 1 fully saturated rings. The van der Waals surface area contributed by atoms with Gasteiger partial charge in [0, 0.05) is 31.9 Å². The molecule has 29 heavy (non-hydrogen) atoms. The number of methoxy groups -OCH3 is 1. The molecule has 0 bridgehead atoms. The van der Waals surface area contributed by atoms with Crippen molar-refractivity contribution in [1.29, 1.82) is 0 Å². The maximum absolute atomic E-state index is 12.8. The number of hydrogen-bond acceptors (Lipinski definition) is 8. The van der Waals surface area contributed by atoms with E-state index in [1.807, 2.05) is 5.38 Å². The Kier molecular flexibility index (Phi) is 5.33. The number of fused-ring (bicyclic) bond motifs is 1. The number of nitrogens with zero attached hydrogens (tertiary/aromatic N) is 4. The lowest BCUT2D eigenvalue weighted by molar-refractivity contribution is 0.0599.